The molecule has 1 N–H and O–H groups in total. The largest absolute Gasteiger partial charge is 0.481 e. The van der Waals surface area contributed by atoms with Crippen LogP contribution in [0.25, 0.3) is 0 Å². The molecule has 1 heterocycles. The fourth-order valence-electron chi connectivity index (χ4n) is 2.32. The Morgan fingerprint density at radius 3 is 2.53 bits per heavy atom. The lowest BCUT2D eigenvalue weighted by Crippen LogP contribution is -2.32. The van der Waals surface area contributed by atoms with Gasteiger partial charge < -0.3 is 5.11 Å². The summed E-state index contributed by atoms with van der Waals surface area (Å²) < 4.78 is 22.8. The van der Waals surface area contributed by atoms with Gasteiger partial charge in [0.05, 0.1) is 16.9 Å². The van der Waals surface area contributed by atoms with Crippen molar-refractivity contribution < 1.29 is 18.3 Å². The van der Waals surface area contributed by atoms with Crippen LogP contribution in [0.4, 0.5) is 0 Å². The third-order valence-electron chi connectivity index (χ3n) is 3.41. The number of carboxylic acids is 1. The second-order valence-corrected chi connectivity index (χ2v) is 7.00. The molecule has 1 saturated heterocycles. The van der Waals surface area contributed by atoms with Crippen LogP contribution in [0.1, 0.15) is 38.5 Å². The van der Waals surface area contributed by atoms with Crippen LogP contribution in [0.2, 0.25) is 0 Å². The molecule has 17 heavy (non-hydrogen) atoms. The summed E-state index contributed by atoms with van der Waals surface area (Å²) in [5.41, 5.74) is -1.02. The summed E-state index contributed by atoms with van der Waals surface area (Å²) in [6.07, 6.45) is 6.21. The summed E-state index contributed by atoms with van der Waals surface area (Å²) in [5.74, 6) is -1.12. The van der Waals surface area contributed by atoms with E-state index in [0.717, 1.165) is 25.7 Å². The van der Waals surface area contributed by atoms with Crippen molar-refractivity contribution in [2.45, 2.75) is 38.5 Å². The molecular formula is C12H20O4S. The van der Waals surface area contributed by atoms with Gasteiger partial charge in [-0.1, -0.05) is 18.9 Å². The van der Waals surface area contributed by atoms with E-state index in [1.807, 2.05) is 6.08 Å². The smallest absolute Gasteiger partial charge is 0.310 e. The lowest BCUT2D eigenvalue weighted by atomic mass is 9.82. The average Bonchev–Trinajstić information content (AvgIpc) is 2.55. The first-order chi connectivity index (χ1) is 7.92. The minimum absolute atomic E-state index is 0.0198. The molecule has 0 radical (unpaired) electrons. The van der Waals surface area contributed by atoms with Crippen molar-refractivity contribution in [1.82, 2.24) is 0 Å². The second kappa shape index (κ2) is 5.67. The van der Waals surface area contributed by atoms with Crippen LogP contribution in [-0.2, 0) is 14.6 Å². The summed E-state index contributed by atoms with van der Waals surface area (Å²) in [6, 6.07) is 0. The Balaban J connectivity index is 2.51. The van der Waals surface area contributed by atoms with Gasteiger partial charge in [-0.15, -0.1) is 6.58 Å². The van der Waals surface area contributed by atoms with Crippen LogP contribution in [0.5, 0.6) is 0 Å². The maximum Gasteiger partial charge on any atom is 0.310 e. The molecule has 0 amide bonds. The molecule has 1 rings (SSSR count). The van der Waals surface area contributed by atoms with Crippen LogP contribution in [-0.4, -0.2) is 31.0 Å². The quantitative estimate of drug-likeness (QED) is 0.561. The summed E-state index contributed by atoms with van der Waals surface area (Å²) in [5, 5.41) is 9.22. The van der Waals surface area contributed by atoms with Gasteiger partial charge in [-0.25, -0.2) is 8.42 Å². The summed E-state index contributed by atoms with van der Waals surface area (Å²) in [4.78, 5) is 11.3. The van der Waals surface area contributed by atoms with Gasteiger partial charge in [-0.3, -0.25) is 4.79 Å². The van der Waals surface area contributed by atoms with Crippen LogP contribution >= 0.6 is 0 Å². The predicted molar refractivity (Wildman–Crippen MR) is 66.6 cm³/mol. The molecule has 5 heteroatoms. The molecule has 0 aromatic rings. The first kappa shape index (κ1) is 14.2. The summed E-state index contributed by atoms with van der Waals surface area (Å²) in [6.45, 7) is 3.62. The minimum Gasteiger partial charge on any atom is -0.481 e. The van der Waals surface area contributed by atoms with Crippen molar-refractivity contribution in [1.29, 1.82) is 0 Å². The van der Waals surface area contributed by atoms with Crippen molar-refractivity contribution in [3.8, 4) is 0 Å². The summed E-state index contributed by atoms with van der Waals surface area (Å²) in [7, 11) is -3.14. The molecule has 0 spiro atoms. The van der Waals surface area contributed by atoms with E-state index in [1.54, 1.807) is 0 Å². The molecule has 1 atom stereocenters. The van der Waals surface area contributed by atoms with E-state index in [0.29, 0.717) is 6.42 Å². The third-order valence-corrected chi connectivity index (χ3v) is 5.22. The summed E-state index contributed by atoms with van der Waals surface area (Å²) >= 11 is 0. The fourth-order valence-corrected chi connectivity index (χ4v) is 4.42. The number of aliphatic carboxylic acids is 1. The predicted octanol–water partition coefficient (Wildman–Crippen LogP) is 2.01. The maximum atomic E-state index is 11.4. The SMILES string of the molecule is C=CCCCCCC1(C(=O)O)CCS(=O)(=O)C1. The fraction of sp³-hybridized carbons (Fsp3) is 0.750. The molecule has 1 aliphatic heterocycles. The van der Waals surface area contributed by atoms with Gasteiger partial charge in [0.25, 0.3) is 0 Å². The molecule has 1 unspecified atom stereocenters. The zero-order valence-electron chi connectivity index (χ0n) is 10.0. The molecule has 0 aromatic heterocycles. The highest BCUT2D eigenvalue weighted by molar-refractivity contribution is 7.91. The Labute approximate surface area is 103 Å². The van der Waals surface area contributed by atoms with Crippen molar-refractivity contribution in [3.05, 3.63) is 12.7 Å². The van der Waals surface area contributed by atoms with Gasteiger partial charge in [-0.2, -0.15) is 0 Å². The number of sulfone groups is 1. The number of carbonyl (C=O) groups is 1. The van der Waals surface area contributed by atoms with Crippen LogP contribution < -0.4 is 0 Å². The molecule has 98 valence electrons. The van der Waals surface area contributed by atoms with E-state index < -0.39 is 21.2 Å². The number of hydrogen-bond acceptors (Lipinski definition) is 3. The van der Waals surface area contributed by atoms with Gasteiger partial charge in [0.1, 0.15) is 0 Å². The van der Waals surface area contributed by atoms with E-state index in [1.165, 1.54) is 0 Å². The Kier molecular flexibility index (Phi) is 4.74. The number of carboxylic acid groups (broad SMARTS) is 1. The van der Waals surface area contributed by atoms with Crippen LogP contribution in [0.15, 0.2) is 12.7 Å². The highest BCUT2D eigenvalue weighted by Gasteiger charge is 2.47. The molecular weight excluding hydrogens is 240 g/mol. The van der Waals surface area contributed by atoms with Crippen molar-refractivity contribution in [2.75, 3.05) is 11.5 Å². The topological polar surface area (TPSA) is 71.4 Å². The third kappa shape index (κ3) is 3.84. The van der Waals surface area contributed by atoms with Crippen LogP contribution in [0, 0.1) is 5.41 Å². The first-order valence-electron chi connectivity index (χ1n) is 5.97. The monoisotopic (exact) mass is 260 g/mol. The Morgan fingerprint density at radius 2 is 2.06 bits per heavy atom. The van der Waals surface area contributed by atoms with E-state index in [-0.39, 0.29) is 17.9 Å². The van der Waals surface area contributed by atoms with E-state index in [9.17, 15) is 18.3 Å². The van der Waals surface area contributed by atoms with Gasteiger partial charge in [0.15, 0.2) is 9.84 Å². The van der Waals surface area contributed by atoms with E-state index in [4.69, 9.17) is 0 Å². The minimum atomic E-state index is -3.14. The number of rotatable bonds is 7. The molecule has 1 fully saturated rings. The second-order valence-electron chi connectivity index (χ2n) is 4.82. The molecule has 0 aromatic carbocycles. The molecule has 0 saturated carbocycles. The highest BCUT2D eigenvalue weighted by Crippen LogP contribution is 2.37. The lowest BCUT2D eigenvalue weighted by Gasteiger charge is -2.21. The van der Waals surface area contributed by atoms with Crippen molar-refractivity contribution in [2.24, 2.45) is 5.41 Å². The van der Waals surface area contributed by atoms with Crippen molar-refractivity contribution >= 4 is 15.8 Å². The zero-order chi connectivity index (χ0) is 12.9. The zero-order valence-corrected chi connectivity index (χ0v) is 10.8. The van der Waals surface area contributed by atoms with Gasteiger partial charge in [-0.05, 0) is 25.7 Å². The lowest BCUT2D eigenvalue weighted by molar-refractivity contribution is -0.147. The molecule has 0 bridgehead atoms. The Morgan fingerprint density at radius 1 is 1.35 bits per heavy atom. The normalized spacial score (nSPS) is 26.8. The molecule has 4 nitrogen and oxygen atoms in total. The molecule has 1 aliphatic rings. The van der Waals surface area contributed by atoms with Crippen LogP contribution in [0.3, 0.4) is 0 Å². The standard InChI is InChI=1S/C12H20O4S/c1-2-3-4-5-6-7-12(11(13)14)8-9-17(15,16)10-12/h2H,1,3-10H2,(H,13,14). The average molecular weight is 260 g/mol. The number of hydrogen-bond donors (Lipinski definition) is 1. The van der Waals surface area contributed by atoms with E-state index >= 15 is 0 Å². The van der Waals surface area contributed by atoms with Gasteiger partial charge in [0, 0.05) is 0 Å². The van der Waals surface area contributed by atoms with Gasteiger partial charge in [0.2, 0.25) is 0 Å². The maximum absolute atomic E-state index is 11.4. The van der Waals surface area contributed by atoms with Gasteiger partial charge >= 0.3 is 5.97 Å². The highest BCUT2D eigenvalue weighted by atomic mass is 32.2. The molecule has 0 aliphatic carbocycles. The Bertz CT molecular complexity index is 385. The first-order valence-corrected chi connectivity index (χ1v) is 7.79. The number of unbranched alkanes of at least 4 members (excludes halogenated alkanes) is 3. The Hall–Kier alpha value is -0.840. The van der Waals surface area contributed by atoms with E-state index in [2.05, 4.69) is 6.58 Å². The number of allylic oxidation sites excluding steroid dienone is 1. The van der Waals surface area contributed by atoms with Crippen molar-refractivity contribution in [3.63, 3.8) is 0 Å².